The molecule has 1 atom stereocenters. The van der Waals surface area contributed by atoms with Gasteiger partial charge in [-0.1, -0.05) is 23.7 Å². The normalized spacial score (nSPS) is 12.6. The summed E-state index contributed by atoms with van der Waals surface area (Å²) < 4.78 is 10.3. The molecule has 0 aliphatic carbocycles. The van der Waals surface area contributed by atoms with Crippen LogP contribution in [0.5, 0.6) is 0 Å². The van der Waals surface area contributed by atoms with Crippen LogP contribution in [-0.2, 0) is 15.9 Å². The number of methoxy groups -OCH3 is 1. The molecule has 0 aromatic heterocycles. The van der Waals surface area contributed by atoms with Gasteiger partial charge in [0.2, 0.25) is 0 Å². The highest BCUT2D eigenvalue weighted by atomic mass is 35.5. The quantitative estimate of drug-likeness (QED) is 0.420. The van der Waals surface area contributed by atoms with Gasteiger partial charge < -0.3 is 9.47 Å². The second kappa shape index (κ2) is 8.44. The van der Waals surface area contributed by atoms with Crippen LogP contribution in [0.4, 0.5) is 0 Å². The van der Waals surface area contributed by atoms with Gasteiger partial charge in [-0.05, 0) is 24.1 Å². The molecule has 0 aliphatic rings. The van der Waals surface area contributed by atoms with E-state index in [9.17, 15) is 0 Å². The predicted octanol–water partition coefficient (Wildman–Crippen LogP) is 1.38. The molecule has 1 unspecified atom stereocenters. The fourth-order valence-electron chi connectivity index (χ4n) is 1.44. The smallest absolute Gasteiger partial charge is 0.0701 e. The summed E-state index contributed by atoms with van der Waals surface area (Å²) in [5.41, 5.74) is 3.92. The highest BCUT2D eigenvalue weighted by Gasteiger charge is 2.07. The van der Waals surface area contributed by atoms with Crippen molar-refractivity contribution in [2.75, 3.05) is 26.9 Å². The summed E-state index contributed by atoms with van der Waals surface area (Å²) in [5, 5.41) is 0.738. The number of nitrogens with one attached hydrogen (secondary N) is 1. The minimum atomic E-state index is 0.0908. The number of nitrogens with two attached hydrogens (primary N) is 1. The first kappa shape index (κ1) is 14.4. The Morgan fingerprint density at radius 1 is 1.29 bits per heavy atom. The number of halogens is 1. The number of hydrogen-bond donors (Lipinski definition) is 2. The number of rotatable bonds is 8. The first-order valence-electron chi connectivity index (χ1n) is 5.53. The lowest BCUT2D eigenvalue weighted by Gasteiger charge is -2.16. The monoisotopic (exact) mass is 258 g/mol. The van der Waals surface area contributed by atoms with Crippen molar-refractivity contribution < 1.29 is 9.47 Å². The Morgan fingerprint density at radius 3 is 2.59 bits per heavy atom. The van der Waals surface area contributed by atoms with E-state index in [1.54, 1.807) is 7.11 Å². The van der Waals surface area contributed by atoms with Gasteiger partial charge in [-0.15, -0.1) is 0 Å². The van der Waals surface area contributed by atoms with Gasteiger partial charge in [0, 0.05) is 18.2 Å². The zero-order chi connectivity index (χ0) is 12.5. The van der Waals surface area contributed by atoms with Crippen LogP contribution in [0.2, 0.25) is 5.02 Å². The molecule has 4 nitrogen and oxygen atoms in total. The molecule has 0 heterocycles. The minimum absolute atomic E-state index is 0.0908. The number of benzene rings is 1. The molecule has 1 rings (SSSR count). The predicted molar refractivity (Wildman–Crippen MR) is 69.0 cm³/mol. The van der Waals surface area contributed by atoms with Crippen molar-refractivity contribution >= 4 is 11.6 Å². The molecule has 0 aliphatic heterocycles. The Labute approximate surface area is 107 Å². The number of ether oxygens (including phenoxy) is 2. The third-order valence-corrected chi connectivity index (χ3v) is 2.63. The van der Waals surface area contributed by atoms with Crippen LogP contribution in [0.3, 0.4) is 0 Å². The van der Waals surface area contributed by atoms with Crippen molar-refractivity contribution in [3.63, 3.8) is 0 Å². The molecule has 0 saturated heterocycles. The molecule has 1 aromatic carbocycles. The molecule has 0 bridgehead atoms. The highest BCUT2D eigenvalue weighted by Crippen LogP contribution is 2.11. The molecule has 96 valence electrons. The molecule has 0 amide bonds. The Bertz CT molecular complexity index is 306. The Morgan fingerprint density at radius 2 is 2.00 bits per heavy atom. The van der Waals surface area contributed by atoms with Crippen molar-refractivity contribution in [2.45, 2.75) is 12.5 Å². The molecule has 3 N–H and O–H groups in total. The SMILES string of the molecule is COCCOCC(Cc1ccc(Cl)cc1)NN. The van der Waals surface area contributed by atoms with Gasteiger partial charge in [-0.2, -0.15) is 0 Å². The average Bonchev–Trinajstić information content (AvgIpc) is 2.35. The largest absolute Gasteiger partial charge is 0.382 e. The fourth-order valence-corrected chi connectivity index (χ4v) is 1.56. The van der Waals surface area contributed by atoms with Crippen molar-refractivity contribution in [2.24, 2.45) is 5.84 Å². The summed E-state index contributed by atoms with van der Waals surface area (Å²) in [7, 11) is 1.65. The summed E-state index contributed by atoms with van der Waals surface area (Å²) in [6.07, 6.45) is 0.806. The molecule has 5 heteroatoms. The van der Waals surface area contributed by atoms with E-state index in [2.05, 4.69) is 5.43 Å². The average molecular weight is 259 g/mol. The van der Waals surface area contributed by atoms with Crippen molar-refractivity contribution in [1.82, 2.24) is 5.43 Å². The van der Waals surface area contributed by atoms with Crippen LogP contribution in [0.15, 0.2) is 24.3 Å². The van der Waals surface area contributed by atoms with Gasteiger partial charge in [-0.25, -0.2) is 0 Å². The standard InChI is InChI=1S/C12H19ClN2O2/c1-16-6-7-17-9-12(15-14)8-10-2-4-11(13)5-3-10/h2-5,12,15H,6-9,14H2,1H3. The second-order valence-corrected chi connectivity index (χ2v) is 4.20. The van der Waals surface area contributed by atoms with Crippen LogP contribution < -0.4 is 11.3 Å². The Balaban J connectivity index is 2.33. The highest BCUT2D eigenvalue weighted by molar-refractivity contribution is 6.30. The van der Waals surface area contributed by atoms with Gasteiger partial charge in [0.1, 0.15) is 0 Å². The van der Waals surface area contributed by atoms with E-state index in [4.69, 9.17) is 26.9 Å². The van der Waals surface area contributed by atoms with Crippen molar-refractivity contribution in [1.29, 1.82) is 0 Å². The third-order valence-electron chi connectivity index (χ3n) is 2.38. The van der Waals surface area contributed by atoms with E-state index < -0.39 is 0 Å². The van der Waals surface area contributed by atoms with Crippen molar-refractivity contribution in [3.05, 3.63) is 34.9 Å². The molecule has 0 spiro atoms. The van der Waals surface area contributed by atoms with Crippen LogP contribution in [-0.4, -0.2) is 33.0 Å². The second-order valence-electron chi connectivity index (χ2n) is 3.76. The summed E-state index contributed by atoms with van der Waals surface area (Å²) in [6, 6.07) is 7.81. The van der Waals surface area contributed by atoms with E-state index in [1.807, 2.05) is 24.3 Å². The lowest BCUT2D eigenvalue weighted by molar-refractivity contribution is 0.0587. The maximum atomic E-state index is 5.82. The summed E-state index contributed by atoms with van der Waals surface area (Å²) in [4.78, 5) is 0. The molecular weight excluding hydrogens is 240 g/mol. The molecular formula is C12H19ClN2O2. The third kappa shape index (κ3) is 6.00. The molecule has 17 heavy (non-hydrogen) atoms. The number of hydrazine groups is 1. The Kier molecular flexibility index (Phi) is 7.16. The lowest BCUT2D eigenvalue weighted by Crippen LogP contribution is -2.40. The van der Waals surface area contributed by atoms with E-state index in [0.717, 1.165) is 11.4 Å². The first-order valence-corrected chi connectivity index (χ1v) is 5.91. The van der Waals surface area contributed by atoms with E-state index in [-0.39, 0.29) is 6.04 Å². The van der Waals surface area contributed by atoms with Crippen molar-refractivity contribution in [3.8, 4) is 0 Å². The van der Waals surface area contributed by atoms with Gasteiger partial charge in [-0.3, -0.25) is 11.3 Å². The first-order chi connectivity index (χ1) is 8.26. The zero-order valence-electron chi connectivity index (χ0n) is 9.99. The van der Waals surface area contributed by atoms with E-state index in [1.165, 1.54) is 5.56 Å². The van der Waals surface area contributed by atoms with E-state index in [0.29, 0.717) is 19.8 Å². The Hall–Kier alpha value is -0.650. The summed E-state index contributed by atoms with van der Waals surface area (Å²) >= 11 is 5.82. The van der Waals surface area contributed by atoms with Gasteiger partial charge >= 0.3 is 0 Å². The lowest BCUT2D eigenvalue weighted by atomic mass is 10.1. The zero-order valence-corrected chi connectivity index (χ0v) is 10.7. The maximum Gasteiger partial charge on any atom is 0.0701 e. The van der Waals surface area contributed by atoms with Gasteiger partial charge in [0.25, 0.3) is 0 Å². The molecule has 0 fully saturated rings. The van der Waals surface area contributed by atoms with Gasteiger partial charge in [0.15, 0.2) is 0 Å². The van der Waals surface area contributed by atoms with E-state index >= 15 is 0 Å². The van der Waals surface area contributed by atoms with Crippen LogP contribution >= 0.6 is 11.6 Å². The summed E-state index contributed by atoms with van der Waals surface area (Å²) in [5.74, 6) is 5.48. The topological polar surface area (TPSA) is 56.5 Å². The molecule has 0 radical (unpaired) electrons. The fraction of sp³-hybridized carbons (Fsp3) is 0.500. The maximum absolute atomic E-state index is 5.82. The molecule has 1 aromatic rings. The molecule has 0 saturated carbocycles. The van der Waals surface area contributed by atoms with Crippen LogP contribution in [0.1, 0.15) is 5.56 Å². The summed E-state index contributed by atoms with van der Waals surface area (Å²) in [6.45, 7) is 1.73. The number of hydrogen-bond acceptors (Lipinski definition) is 4. The van der Waals surface area contributed by atoms with Crippen LogP contribution in [0.25, 0.3) is 0 Å². The van der Waals surface area contributed by atoms with Crippen LogP contribution in [0, 0.1) is 0 Å². The minimum Gasteiger partial charge on any atom is -0.382 e. The van der Waals surface area contributed by atoms with Gasteiger partial charge in [0.05, 0.1) is 19.8 Å².